The summed E-state index contributed by atoms with van der Waals surface area (Å²) in [4.78, 5) is 4.83. The zero-order valence-electron chi connectivity index (χ0n) is 9.89. The molecular weight excluding hydrogens is 268 g/mol. The zero-order valence-corrected chi connectivity index (χ0v) is 11.5. The molecule has 3 nitrogen and oxygen atoms in total. The van der Waals surface area contributed by atoms with Crippen LogP contribution >= 0.6 is 11.6 Å². The van der Waals surface area contributed by atoms with Crippen molar-refractivity contribution in [2.24, 2.45) is 0 Å². The van der Waals surface area contributed by atoms with Gasteiger partial charge in [-0.05, 0) is 36.8 Å². The molecule has 1 aromatic carbocycles. The van der Waals surface area contributed by atoms with Crippen LogP contribution in [-0.4, -0.2) is 9.19 Å². The number of nitrogens with two attached hydrogens (primary N) is 1. The fourth-order valence-corrected chi connectivity index (χ4v) is 3.03. The third-order valence-electron chi connectivity index (χ3n) is 2.60. The maximum absolute atomic E-state index is 12.2. The molecule has 2 rings (SSSR count). The summed E-state index contributed by atoms with van der Waals surface area (Å²) in [6, 6.07) is 8.81. The third-order valence-corrected chi connectivity index (χ3v) is 4.24. The van der Waals surface area contributed by atoms with Crippen molar-refractivity contribution >= 4 is 28.1 Å². The summed E-state index contributed by atoms with van der Waals surface area (Å²) < 4.78 is 12.2. The highest BCUT2D eigenvalue weighted by Gasteiger charge is 2.11. The second-order valence-corrected chi connectivity index (χ2v) is 5.79. The number of nitrogen functional groups attached to an aromatic ring is 1. The Kier molecular flexibility index (Phi) is 3.99. The van der Waals surface area contributed by atoms with E-state index in [0.717, 1.165) is 11.3 Å². The lowest BCUT2D eigenvalue weighted by molar-refractivity contribution is 0.682. The Bertz CT molecular complexity index is 601. The van der Waals surface area contributed by atoms with Crippen molar-refractivity contribution in [1.29, 1.82) is 0 Å². The minimum atomic E-state index is -1.21. The first kappa shape index (κ1) is 13.1. The molecule has 0 aliphatic rings. The Morgan fingerprint density at radius 3 is 2.83 bits per heavy atom. The fourth-order valence-electron chi connectivity index (χ4n) is 1.60. The Labute approximate surface area is 113 Å². The van der Waals surface area contributed by atoms with Gasteiger partial charge in [0.1, 0.15) is 0 Å². The van der Waals surface area contributed by atoms with Crippen molar-refractivity contribution in [2.45, 2.75) is 17.6 Å². The number of rotatable bonds is 3. The van der Waals surface area contributed by atoms with E-state index in [0.29, 0.717) is 21.4 Å². The lowest BCUT2D eigenvalue weighted by Gasteiger charge is -2.07. The van der Waals surface area contributed by atoms with Crippen molar-refractivity contribution in [1.82, 2.24) is 4.98 Å². The molecule has 1 atom stereocenters. The maximum Gasteiger partial charge on any atom is 0.0709 e. The van der Waals surface area contributed by atoms with E-state index in [9.17, 15) is 4.21 Å². The number of halogens is 1. The van der Waals surface area contributed by atoms with Crippen LogP contribution in [0.5, 0.6) is 0 Å². The monoisotopic (exact) mass is 280 g/mol. The molecule has 0 bridgehead atoms. The van der Waals surface area contributed by atoms with E-state index in [1.165, 1.54) is 0 Å². The maximum atomic E-state index is 12.2. The molecular formula is C13H13ClN2OS. The minimum absolute atomic E-state index is 0.360. The minimum Gasteiger partial charge on any atom is -0.398 e. The van der Waals surface area contributed by atoms with Crippen LogP contribution in [0, 0.1) is 6.92 Å². The summed E-state index contributed by atoms with van der Waals surface area (Å²) in [5.41, 5.74) is 8.12. The van der Waals surface area contributed by atoms with Gasteiger partial charge >= 0.3 is 0 Å². The summed E-state index contributed by atoms with van der Waals surface area (Å²) in [5, 5.41) is 0.544. The number of anilines is 1. The van der Waals surface area contributed by atoms with Crippen LogP contribution in [0.25, 0.3) is 0 Å². The molecule has 0 fully saturated rings. The van der Waals surface area contributed by atoms with Crippen molar-refractivity contribution in [3.05, 3.63) is 52.8 Å². The molecule has 0 radical (unpaired) electrons. The molecule has 0 aliphatic carbocycles. The van der Waals surface area contributed by atoms with Gasteiger partial charge < -0.3 is 5.73 Å². The lowest BCUT2D eigenvalue weighted by atomic mass is 10.2. The molecule has 0 saturated heterocycles. The molecule has 1 heterocycles. The van der Waals surface area contributed by atoms with E-state index in [4.69, 9.17) is 17.3 Å². The quantitative estimate of drug-likeness (QED) is 0.880. The smallest absolute Gasteiger partial charge is 0.0709 e. The number of pyridine rings is 1. The Balaban J connectivity index is 2.25. The molecule has 0 aliphatic heterocycles. The van der Waals surface area contributed by atoms with Crippen LogP contribution in [0.15, 0.2) is 41.4 Å². The van der Waals surface area contributed by atoms with Gasteiger partial charge in [-0.3, -0.25) is 9.19 Å². The molecule has 0 amide bonds. The number of hydrogen-bond donors (Lipinski definition) is 1. The van der Waals surface area contributed by atoms with Gasteiger partial charge in [0.15, 0.2) is 0 Å². The third kappa shape index (κ3) is 2.89. The predicted molar refractivity (Wildman–Crippen MR) is 75.0 cm³/mol. The van der Waals surface area contributed by atoms with Crippen molar-refractivity contribution < 1.29 is 4.21 Å². The number of nitrogens with zero attached hydrogens (tertiary/aromatic N) is 1. The highest BCUT2D eigenvalue weighted by atomic mass is 35.5. The Hall–Kier alpha value is -1.39. The first-order valence-corrected chi connectivity index (χ1v) is 7.11. The average Bonchev–Trinajstić information content (AvgIpc) is 2.32. The summed E-state index contributed by atoms with van der Waals surface area (Å²) in [6.45, 7) is 1.95. The second kappa shape index (κ2) is 5.50. The highest BCUT2D eigenvalue weighted by Crippen LogP contribution is 2.23. The van der Waals surface area contributed by atoms with Crippen molar-refractivity contribution in [2.75, 3.05) is 5.73 Å². The first-order chi connectivity index (χ1) is 8.58. The average molecular weight is 281 g/mol. The molecule has 1 aromatic heterocycles. The predicted octanol–water partition coefficient (Wildman–Crippen LogP) is 2.93. The van der Waals surface area contributed by atoms with E-state index in [1.807, 2.05) is 19.1 Å². The standard InChI is InChI=1S/C13H13ClN2OS/c1-9-3-2-6-16-12(9)8-18(17)13-5-4-10(14)7-11(13)15/h2-7H,8,15H2,1H3. The molecule has 0 spiro atoms. The van der Waals surface area contributed by atoms with Crippen LogP contribution in [0.4, 0.5) is 5.69 Å². The SMILES string of the molecule is Cc1cccnc1CS(=O)c1ccc(Cl)cc1N. The van der Waals surface area contributed by atoms with Crippen LogP contribution in [0.2, 0.25) is 5.02 Å². The van der Waals surface area contributed by atoms with E-state index in [2.05, 4.69) is 4.98 Å². The lowest BCUT2D eigenvalue weighted by Crippen LogP contribution is -2.03. The number of aryl methyl sites for hydroxylation is 1. The summed E-state index contributed by atoms with van der Waals surface area (Å²) in [5.74, 6) is 0.360. The Morgan fingerprint density at radius 1 is 1.39 bits per heavy atom. The topological polar surface area (TPSA) is 56.0 Å². The van der Waals surface area contributed by atoms with Crippen LogP contribution in [0.3, 0.4) is 0 Å². The van der Waals surface area contributed by atoms with E-state index >= 15 is 0 Å². The summed E-state index contributed by atoms with van der Waals surface area (Å²) in [7, 11) is -1.21. The van der Waals surface area contributed by atoms with Gasteiger partial charge in [-0.25, -0.2) is 0 Å². The number of hydrogen-bond acceptors (Lipinski definition) is 3. The molecule has 1 unspecified atom stereocenters. The normalized spacial score (nSPS) is 12.3. The van der Waals surface area contributed by atoms with Gasteiger partial charge in [0.05, 0.1) is 27.1 Å². The highest BCUT2D eigenvalue weighted by molar-refractivity contribution is 7.84. The second-order valence-electron chi connectivity index (χ2n) is 3.94. The van der Waals surface area contributed by atoms with Gasteiger partial charge in [0, 0.05) is 16.9 Å². The first-order valence-electron chi connectivity index (χ1n) is 5.42. The molecule has 0 saturated carbocycles. The van der Waals surface area contributed by atoms with Gasteiger partial charge in [-0.1, -0.05) is 17.7 Å². The zero-order chi connectivity index (χ0) is 13.1. The van der Waals surface area contributed by atoms with Crippen molar-refractivity contribution in [3.8, 4) is 0 Å². The van der Waals surface area contributed by atoms with Gasteiger partial charge in [0.25, 0.3) is 0 Å². The molecule has 2 aromatic rings. The molecule has 18 heavy (non-hydrogen) atoms. The van der Waals surface area contributed by atoms with Crippen LogP contribution in [-0.2, 0) is 16.6 Å². The van der Waals surface area contributed by atoms with E-state index in [1.54, 1.807) is 24.4 Å². The van der Waals surface area contributed by atoms with Gasteiger partial charge in [0.2, 0.25) is 0 Å². The largest absolute Gasteiger partial charge is 0.398 e. The van der Waals surface area contributed by atoms with E-state index in [-0.39, 0.29) is 0 Å². The van der Waals surface area contributed by atoms with Gasteiger partial charge in [-0.2, -0.15) is 0 Å². The van der Waals surface area contributed by atoms with Crippen LogP contribution < -0.4 is 5.73 Å². The number of aromatic nitrogens is 1. The summed E-state index contributed by atoms with van der Waals surface area (Å²) in [6.07, 6.45) is 1.70. The number of benzene rings is 1. The molecule has 5 heteroatoms. The molecule has 2 N–H and O–H groups in total. The fraction of sp³-hybridized carbons (Fsp3) is 0.154. The molecule has 94 valence electrons. The van der Waals surface area contributed by atoms with Gasteiger partial charge in [-0.15, -0.1) is 0 Å². The van der Waals surface area contributed by atoms with Crippen molar-refractivity contribution in [3.63, 3.8) is 0 Å². The van der Waals surface area contributed by atoms with E-state index < -0.39 is 10.8 Å². The summed E-state index contributed by atoms with van der Waals surface area (Å²) >= 11 is 5.82. The Morgan fingerprint density at radius 2 is 2.17 bits per heavy atom. The van der Waals surface area contributed by atoms with Crippen LogP contribution in [0.1, 0.15) is 11.3 Å².